The number of aliphatic hydroxyl groups excluding tert-OH is 1. The molecule has 0 saturated heterocycles. The molecule has 1 rings (SSSR count). The highest BCUT2D eigenvalue weighted by molar-refractivity contribution is 6.18. The number of hydrogen-bond acceptors (Lipinski definition) is 1. The van der Waals surface area contributed by atoms with Crippen molar-refractivity contribution in [2.45, 2.75) is 6.10 Å². The standard InChI is InChI=1S/C8H4ClF5O/c9-1-2(15)3-4(10)6(12)8(14)7(13)5(3)11/h2,15H,1H2/t2-/m0/s1. The Balaban J connectivity index is 3.52. The van der Waals surface area contributed by atoms with Gasteiger partial charge in [-0.05, 0) is 0 Å². The summed E-state index contributed by atoms with van der Waals surface area (Å²) in [5, 5.41) is 8.96. The van der Waals surface area contributed by atoms with E-state index in [1.54, 1.807) is 0 Å². The monoisotopic (exact) mass is 246 g/mol. The summed E-state index contributed by atoms with van der Waals surface area (Å²) >= 11 is 5.05. The summed E-state index contributed by atoms with van der Waals surface area (Å²) < 4.78 is 63.5. The molecule has 1 atom stereocenters. The molecular formula is C8H4ClF5O. The van der Waals surface area contributed by atoms with E-state index in [4.69, 9.17) is 16.7 Å². The van der Waals surface area contributed by atoms with Crippen molar-refractivity contribution >= 4 is 11.6 Å². The molecule has 0 bridgehead atoms. The maximum absolute atomic E-state index is 12.9. The number of aliphatic hydroxyl groups is 1. The number of halogens is 6. The van der Waals surface area contributed by atoms with E-state index in [1.807, 2.05) is 0 Å². The van der Waals surface area contributed by atoms with Crippen LogP contribution in [0.2, 0.25) is 0 Å². The summed E-state index contributed by atoms with van der Waals surface area (Å²) in [4.78, 5) is 0. The molecule has 0 amide bonds. The van der Waals surface area contributed by atoms with Gasteiger partial charge in [0.05, 0.1) is 17.5 Å². The first kappa shape index (κ1) is 12.2. The lowest BCUT2D eigenvalue weighted by Gasteiger charge is -2.11. The van der Waals surface area contributed by atoms with Crippen LogP contribution >= 0.6 is 11.6 Å². The topological polar surface area (TPSA) is 20.2 Å². The first-order chi connectivity index (χ1) is 6.91. The Labute approximate surface area is 86.1 Å². The highest BCUT2D eigenvalue weighted by atomic mass is 35.5. The molecule has 7 heteroatoms. The van der Waals surface area contributed by atoms with Crippen LogP contribution in [0.3, 0.4) is 0 Å². The second kappa shape index (κ2) is 4.32. The summed E-state index contributed by atoms with van der Waals surface area (Å²) in [6.45, 7) is 0. The highest BCUT2D eigenvalue weighted by Crippen LogP contribution is 2.28. The van der Waals surface area contributed by atoms with Gasteiger partial charge in [0.15, 0.2) is 23.3 Å². The van der Waals surface area contributed by atoms with Crippen LogP contribution in [-0.2, 0) is 0 Å². The molecule has 1 nitrogen and oxygen atoms in total. The Hall–Kier alpha value is -0.880. The maximum Gasteiger partial charge on any atom is 0.200 e. The van der Waals surface area contributed by atoms with Gasteiger partial charge in [-0.1, -0.05) is 0 Å². The van der Waals surface area contributed by atoms with Crippen molar-refractivity contribution in [3.63, 3.8) is 0 Å². The highest BCUT2D eigenvalue weighted by Gasteiger charge is 2.28. The Morgan fingerprint density at radius 2 is 1.20 bits per heavy atom. The van der Waals surface area contributed by atoms with Gasteiger partial charge in [0.25, 0.3) is 0 Å². The van der Waals surface area contributed by atoms with Gasteiger partial charge in [-0.25, -0.2) is 22.0 Å². The zero-order valence-corrected chi connectivity index (χ0v) is 7.76. The van der Waals surface area contributed by atoms with Crippen LogP contribution in [0.1, 0.15) is 11.7 Å². The van der Waals surface area contributed by atoms with Gasteiger partial charge < -0.3 is 5.11 Å². The SMILES string of the molecule is O[C@@H](CCl)c1c(F)c(F)c(F)c(F)c1F. The first-order valence-electron chi connectivity index (χ1n) is 3.67. The molecule has 0 radical (unpaired) electrons. The summed E-state index contributed by atoms with van der Waals surface area (Å²) in [6, 6.07) is 0. The molecule has 0 saturated carbocycles. The minimum atomic E-state index is -2.27. The average molecular weight is 247 g/mol. The molecule has 84 valence electrons. The molecule has 0 aliphatic carbocycles. The van der Waals surface area contributed by atoms with E-state index in [0.717, 1.165) is 0 Å². The number of rotatable bonds is 2. The van der Waals surface area contributed by atoms with E-state index in [1.165, 1.54) is 0 Å². The van der Waals surface area contributed by atoms with Crippen molar-refractivity contribution in [2.24, 2.45) is 0 Å². The van der Waals surface area contributed by atoms with Crippen LogP contribution in [0.15, 0.2) is 0 Å². The van der Waals surface area contributed by atoms with E-state index >= 15 is 0 Å². The Morgan fingerprint density at radius 3 is 1.53 bits per heavy atom. The Bertz CT molecular complexity index is 366. The predicted octanol–water partition coefficient (Wildman–Crippen LogP) is 2.65. The summed E-state index contributed by atoms with van der Waals surface area (Å²) in [5.74, 6) is -11.3. The molecule has 0 aliphatic heterocycles. The van der Waals surface area contributed by atoms with Crippen molar-refractivity contribution in [2.75, 3.05) is 5.88 Å². The van der Waals surface area contributed by atoms with Gasteiger partial charge in [0.2, 0.25) is 5.82 Å². The van der Waals surface area contributed by atoms with Crippen molar-refractivity contribution in [3.05, 3.63) is 34.6 Å². The van der Waals surface area contributed by atoms with E-state index in [-0.39, 0.29) is 0 Å². The lowest BCUT2D eigenvalue weighted by molar-refractivity contribution is 0.186. The number of hydrogen-bond donors (Lipinski definition) is 1. The zero-order valence-electron chi connectivity index (χ0n) is 7.00. The normalized spacial score (nSPS) is 13.0. The molecule has 15 heavy (non-hydrogen) atoms. The molecule has 1 N–H and O–H groups in total. The van der Waals surface area contributed by atoms with Gasteiger partial charge in [-0.2, -0.15) is 0 Å². The molecule has 0 aromatic heterocycles. The second-order valence-corrected chi connectivity index (χ2v) is 2.96. The van der Waals surface area contributed by atoms with Crippen molar-refractivity contribution in [3.8, 4) is 0 Å². The fourth-order valence-corrected chi connectivity index (χ4v) is 1.15. The smallest absolute Gasteiger partial charge is 0.200 e. The van der Waals surface area contributed by atoms with Crippen molar-refractivity contribution < 1.29 is 27.1 Å². The van der Waals surface area contributed by atoms with Gasteiger partial charge in [-0.3, -0.25) is 0 Å². The van der Waals surface area contributed by atoms with E-state index in [0.29, 0.717) is 0 Å². The van der Waals surface area contributed by atoms with Crippen LogP contribution in [0.5, 0.6) is 0 Å². The predicted molar refractivity (Wildman–Crippen MR) is 41.9 cm³/mol. The van der Waals surface area contributed by atoms with Gasteiger partial charge in [-0.15, -0.1) is 11.6 Å². The molecule has 0 heterocycles. The fraction of sp³-hybridized carbons (Fsp3) is 0.250. The molecule has 0 spiro atoms. The third-order valence-corrected chi connectivity index (χ3v) is 2.02. The molecule has 0 fully saturated rings. The van der Waals surface area contributed by atoms with Crippen LogP contribution in [0, 0.1) is 29.1 Å². The van der Waals surface area contributed by atoms with Crippen LogP contribution < -0.4 is 0 Å². The van der Waals surface area contributed by atoms with Gasteiger partial charge in [0, 0.05) is 0 Å². The third kappa shape index (κ3) is 1.91. The third-order valence-electron chi connectivity index (χ3n) is 1.72. The van der Waals surface area contributed by atoms with Crippen LogP contribution in [0.25, 0.3) is 0 Å². The molecular weight excluding hydrogens is 243 g/mol. The average Bonchev–Trinajstić information content (AvgIpc) is 2.23. The molecule has 0 unspecified atom stereocenters. The van der Waals surface area contributed by atoms with Crippen LogP contribution in [-0.4, -0.2) is 11.0 Å². The number of alkyl halides is 1. The Kier molecular flexibility index (Phi) is 3.51. The lowest BCUT2D eigenvalue weighted by atomic mass is 10.1. The summed E-state index contributed by atoms with van der Waals surface area (Å²) in [6.07, 6.45) is -1.95. The Morgan fingerprint density at radius 1 is 0.867 bits per heavy atom. The van der Waals surface area contributed by atoms with Gasteiger partial charge >= 0.3 is 0 Å². The molecule has 1 aromatic carbocycles. The minimum Gasteiger partial charge on any atom is -0.387 e. The molecule has 0 aliphatic rings. The lowest BCUT2D eigenvalue weighted by Crippen LogP contribution is -2.12. The quantitative estimate of drug-likeness (QED) is 0.368. The van der Waals surface area contributed by atoms with E-state index in [2.05, 4.69) is 0 Å². The van der Waals surface area contributed by atoms with E-state index < -0.39 is 46.6 Å². The molecule has 1 aromatic rings. The van der Waals surface area contributed by atoms with Gasteiger partial charge in [0.1, 0.15) is 0 Å². The number of benzene rings is 1. The zero-order chi connectivity index (χ0) is 11.7. The van der Waals surface area contributed by atoms with E-state index in [9.17, 15) is 22.0 Å². The van der Waals surface area contributed by atoms with Crippen molar-refractivity contribution in [1.82, 2.24) is 0 Å². The fourth-order valence-electron chi connectivity index (χ4n) is 0.992. The van der Waals surface area contributed by atoms with Crippen molar-refractivity contribution in [1.29, 1.82) is 0 Å². The van der Waals surface area contributed by atoms with Crippen LogP contribution in [0.4, 0.5) is 22.0 Å². The first-order valence-corrected chi connectivity index (χ1v) is 4.20. The largest absolute Gasteiger partial charge is 0.387 e. The second-order valence-electron chi connectivity index (χ2n) is 2.65. The summed E-state index contributed by atoms with van der Waals surface area (Å²) in [5.41, 5.74) is -1.32. The maximum atomic E-state index is 12.9. The summed E-state index contributed by atoms with van der Waals surface area (Å²) in [7, 11) is 0. The minimum absolute atomic E-state index is 0.682.